The molecule has 0 saturated carbocycles. The molecule has 0 saturated heterocycles. The van der Waals surface area contributed by atoms with Gasteiger partial charge in [-0.1, -0.05) is 32.9 Å². The van der Waals surface area contributed by atoms with Crippen molar-refractivity contribution in [2.75, 3.05) is 12.8 Å². The number of rotatable bonds is 3. The van der Waals surface area contributed by atoms with Crippen molar-refractivity contribution in [1.82, 2.24) is 9.78 Å². The van der Waals surface area contributed by atoms with Crippen LogP contribution >= 0.6 is 0 Å². The zero-order valence-electron chi connectivity index (χ0n) is 12.9. The van der Waals surface area contributed by atoms with Gasteiger partial charge in [-0.25, -0.2) is 0 Å². The third kappa shape index (κ3) is 2.95. The predicted octanol–water partition coefficient (Wildman–Crippen LogP) is 3.27. The van der Waals surface area contributed by atoms with E-state index in [0.29, 0.717) is 5.82 Å². The Labute approximate surface area is 120 Å². The highest BCUT2D eigenvalue weighted by atomic mass is 16.5. The maximum absolute atomic E-state index is 6.21. The average Bonchev–Trinajstić information content (AvgIpc) is 2.62. The normalized spacial score (nSPS) is 11.7. The van der Waals surface area contributed by atoms with Crippen LogP contribution in [-0.4, -0.2) is 16.9 Å². The number of anilines is 1. The summed E-state index contributed by atoms with van der Waals surface area (Å²) >= 11 is 0. The van der Waals surface area contributed by atoms with E-state index in [2.05, 4.69) is 25.9 Å². The number of nitrogens with two attached hydrogens (primary N) is 1. The molecule has 0 unspecified atom stereocenters. The van der Waals surface area contributed by atoms with Crippen LogP contribution in [0.25, 0.3) is 11.1 Å². The number of nitrogens with zero attached hydrogens (tertiary/aromatic N) is 2. The van der Waals surface area contributed by atoms with Crippen LogP contribution in [0.1, 0.15) is 26.5 Å². The van der Waals surface area contributed by atoms with Gasteiger partial charge in [0.2, 0.25) is 0 Å². The smallest absolute Gasteiger partial charge is 0.129 e. The van der Waals surface area contributed by atoms with E-state index in [4.69, 9.17) is 10.5 Å². The number of aromatic nitrogens is 2. The SMILES string of the molecule is COc1cccc(-c2c(CC(C)(C)C)nn(C)c2N)c1. The first-order valence-corrected chi connectivity index (χ1v) is 6.77. The van der Waals surface area contributed by atoms with Gasteiger partial charge < -0.3 is 10.5 Å². The summed E-state index contributed by atoms with van der Waals surface area (Å²) in [6.45, 7) is 6.60. The van der Waals surface area contributed by atoms with Gasteiger partial charge in [-0.3, -0.25) is 4.68 Å². The maximum Gasteiger partial charge on any atom is 0.129 e. The minimum absolute atomic E-state index is 0.161. The predicted molar refractivity (Wildman–Crippen MR) is 82.8 cm³/mol. The van der Waals surface area contributed by atoms with E-state index in [9.17, 15) is 0 Å². The van der Waals surface area contributed by atoms with Gasteiger partial charge >= 0.3 is 0 Å². The lowest BCUT2D eigenvalue weighted by Gasteiger charge is -2.17. The van der Waals surface area contributed by atoms with Crippen LogP contribution in [0, 0.1) is 5.41 Å². The monoisotopic (exact) mass is 273 g/mol. The highest BCUT2D eigenvalue weighted by Crippen LogP contribution is 2.34. The second-order valence-electron chi connectivity index (χ2n) is 6.30. The average molecular weight is 273 g/mol. The number of aryl methyl sites for hydroxylation is 1. The summed E-state index contributed by atoms with van der Waals surface area (Å²) in [5.41, 5.74) is 9.46. The van der Waals surface area contributed by atoms with Crippen LogP contribution in [0.5, 0.6) is 5.75 Å². The van der Waals surface area contributed by atoms with E-state index in [0.717, 1.165) is 29.0 Å². The Morgan fingerprint density at radius 1 is 1.30 bits per heavy atom. The molecule has 20 heavy (non-hydrogen) atoms. The Bertz CT molecular complexity index is 609. The standard InChI is InChI=1S/C16H23N3O/c1-16(2,3)10-13-14(15(17)19(4)18-13)11-7-6-8-12(9-11)20-5/h6-9H,10,17H2,1-5H3. The molecule has 0 aliphatic rings. The Kier molecular flexibility index (Phi) is 3.75. The Morgan fingerprint density at radius 2 is 2.00 bits per heavy atom. The number of nitrogen functional groups attached to an aromatic ring is 1. The van der Waals surface area contributed by atoms with Crippen molar-refractivity contribution in [3.63, 3.8) is 0 Å². The van der Waals surface area contributed by atoms with Gasteiger partial charge in [0.05, 0.1) is 12.8 Å². The van der Waals surface area contributed by atoms with Crippen LogP contribution in [-0.2, 0) is 13.5 Å². The molecule has 0 aliphatic heterocycles. The number of ether oxygens (including phenoxy) is 1. The van der Waals surface area contributed by atoms with Crippen molar-refractivity contribution in [2.24, 2.45) is 12.5 Å². The van der Waals surface area contributed by atoms with Crippen molar-refractivity contribution < 1.29 is 4.74 Å². The van der Waals surface area contributed by atoms with E-state index >= 15 is 0 Å². The van der Waals surface area contributed by atoms with Crippen LogP contribution in [0.3, 0.4) is 0 Å². The maximum atomic E-state index is 6.21. The van der Waals surface area contributed by atoms with Gasteiger partial charge in [0.25, 0.3) is 0 Å². The van der Waals surface area contributed by atoms with Crippen molar-refractivity contribution in [3.05, 3.63) is 30.0 Å². The van der Waals surface area contributed by atoms with E-state index in [1.54, 1.807) is 11.8 Å². The van der Waals surface area contributed by atoms with Crippen LogP contribution in [0.2, 0.25) is 0 Å². The summed E-state index contributed by atoms with van der Waals surface area (Å²) in [5, 5.41) is 4.58. The highest BCUT2D eigenvalue weighted by Gasteiger charge is 2.21. The fraction of sp³-hybridized carbons (Fsp3) is 0.438. The zero-order valence-corrected chi connectivity index (χ0v) is 12.9. The van der Waals surface area contributed by atoms with E-state index in [1.807, 2.05) is 31.3 Å². The first-order valence-electron chi connectivity index (χ1n) is 6.77. The minimum atomic E-state index is 0.161. The van der Waals surface area contributed by atoms with Gasteiger partial charge in [0, 0.05) is 12.6 Å². The third-order valence-corrected chi connectivity index (χ3v) is 3.22. The quantitative estimate of drug-likeness (QED) is 0.933. The number of benzene rings is 1. The summed E-state index contributed by atoms with van der Waals surface area (Å²) < 4.78 is 7.04. The van der Waals surface area contributed by atoms with Crippen LogP contribution in [0.4, 0.5) is 5.82 Å². The van der Waals surface area contributed by atoms with Crippen molar-refractivity contribution in [3.8, 4) is 16.9 Å². The summed E-state index contributed by atoms with van der Waals surface area (Å²) in [4.78, 5) is 0. The fourth-order valence-corrected chi connectivity index (χ4v) is 2.31. The van der Waals surface area contributed by atoms with E-state index in [1.165, 1.54) is 0 Å². The first-order chi connectivity index (χ1) is 9.31. The molecule has 2 N–H and O–H groups in total. The largest absolute Gasteiger partial charge is 0.497 e. The van der Waals surface area contributed by atoms with Crippen molar-refractivity contribution in [1.29, 1.82) is 0 Å². The van der Waals surface area contributed by atoms with Gasteiger partial charge in [-0.15, -0.1) is 0 Å². The minimum Gasteiger partial charge on any atom is -0.497 e. The molecule has 0 amide bonds. The van der Waals surface area contributed by atoms with E-state index < -0.39 is 0 Å². The van der Waals surface area contributed by atoms with Gasteiger partial charge in [0.1, 0.15) is 11.6 Å². The summed E-state index contributed by atoms with van der Waals surface area (Å²) in [6.07, 6.45) is 0.880. The van der Waals surface area contributed by atoms with E-state index in [-0.39, 0.29) is 5.41 Å². The molecule has 0 radical (unpaired) electrons. The Balaban J connectivity index is 2.54. The van der Waals surface area contributed by atoms with Crippen LogP contribution < -0.4 is 10.5 Å². The number of hydrogen-bond acceptors (Lipinski definition) is 3. The van der Waals surface area contributed by atoms with Crippen molar-refractivity contribution in [2.45, 2.75) is 27.2 Å². The van der Waals surface area contributed by atoms with Gasteiger partial charge in [0.15, 0.2) is 0 Å². The molecule has 0 bridgehead atoms. The number of hydrogen-bond donors (Lipinski definition) is 1. The molecule has 2 aromatic rings. The lowest BCUT2D eigenvalue weighted by Crippen LogP contribution is -2.10. The molecule has 0 atom stereocenters. The molecule has 108 valence electrons. The summed E-state index contributed by atoms with van der Waals surface area (Å²) in [5.74, 6) is 1.52. The van der Waals surface area contributed by atoms with Crippen molar-refractivity contribution >= 4 is 5.82 Å². The molecule has 0 aliphatic carbocycles. The Morgan fingerprint density at radius 3 is 2.60 bits per heavy atom. The summed E-state index contributed by atoms with van der Waals surface area (Å²) in [6, 6.07) is 7.95. The topological polar surface area (TPSA) is 53.1 Å². The first kappa shape index (κ1) is 14.4. The lowest BCUT2D eigenvalue weighted by molar-refractivity contribution is 0.405. The fourth-order valence-electron chi connectivity index (χ4n) is 2.31. The molecule has 2 rings (SSSR count). The Hall–Kier alpha value is -1.97. The van der Waals surface area contributed by atoms with Gasteiger partial charge in [-0.05, 0) is 29.5 Å². The molecular weight excluding hydrogens is 250 g/mol. The molecule has 1 heterocycles. The molecule has 1 aromatic heterocycles. The second-order valence-corrected chi connectivity index (χ2v) is 6.30. The summed E-state index contributed by atoms with van der Waals surface area (Å²) in [7, 11) is 3.55. The second kappa shape index (κ2) is 5.19. The number of methoxy groups -OCH3 is 1. The molecule has 0 spiro atoms. The molecule has 4 heteroatoms. The lowest BCUT2D eigenvalue weighted by atomic mass is 9.88. The highest BCUT2D eigenvalue weighted by molar-refractivity contribution is 5.77. The zero-order chi connectivity index (χ0) is 14.9. The van der Waals surface area contributed by atoms with Gasteiger partial charge in [-0.2, -0.15) is 5.10 Å². The molecular formula is C16H23N3O. The van der Waals surface area contributed by atoms with Crippen LogP contribution in [0.15, 0.2) is 24.3 Å². The molecule has 4 nitrogen and oxygen atoms in total. The molecule has 1 aromatic carbocycles. The third-order valence-electron chi connectivity index (χ3n) is 3.22. The molecule has 0 fully saturated rings.